The molecule has 0 aliphatic heterocycles. The topological polar surface area (TPSA) is 84.1 Å². The highest BCUT2D eigenvalue weighted by Crippen LogP contribution is 2.30. The number of halogens is 1. The maximum atomic E-state index is 9.36. The lowest BCUT2D eigenvalue weighted by Gasteiger charge is -2.30. The van der Waals surface area contributed by atoms with Gasteiger partial charge < -0.3 is 16.2 Å². The van der Waals surface area contributed by atoms with Gasteiger partial charge in [0.2, 0.25) is 5.95 Å². The van der Waals surface area contributed by atoms with Gasteiger partial charge in [0.1, 0.15) is 10.8 Å². The standard InChI is InChI=1S/C12H19ClN4O/c13-10-6-16-12(14)17-11(10)15-5-8-3-1-2-4-9(8)7-18/h6,8-9,18H,1-5,7H2,(H3,14,15,16,17). The van der Waals surface area contributed by atoms with Crippen LogP contribution in [-0.4, -0.2) is 28.2 Å². The molecule has 0 bridgehead atoms. The van der Waals surface area contributed by atoms with Gasteiger partial charge in [-0.25, -0.2) is 4.98 Å². The third-order valence-corrected chi connectivity index (χ3v) is 3.87. The molecule has 1 heterocycles. The van der Waals surface area contributed by atoms with E-state index in [4.69, 9.17) is 17.3 Å². The summed E-state index contributed by atoms with van der Waals surface area (Å²) in [6.45, 7) is 1.02. The molecule has 100 valence electrons. The lowest BCUT2D eigenvalue weighted by atomic mass is 9.79. The Morgan fingerprint density at radius 1 is 1.39 bits per heavy atom. The highest BCUT2D eigenvalue weighted by Gasteiger charge is 2.24. The van der Waals surface area contributed by atoms with Crippen LogP contribution in [0.4, 0.5) is 11.8 Å². The Morgan fingerprint density at radius 2 is 2.11 bits per heavy atom. The zero-order valence-corrected chi connectivity index (χ0v) is 11.0. The molecule has 1 aliphatic carbocycles. The van der Waals surface area contributed by atoms with E-state index in [1.807, 2.05) is 0 Å². The summed E-state index contributed by atoms with van der Waals surface area (Å²) in [6, 6.07) is 0. The normalized spacial score (nSPS) is 23.9. The number of nitrogen functional groups attached to an aromatic ring is 1. The van der Waals surface area contributed by atoms with Gasteiger partial charge in [0.05, 0.1) is 6.20 Å². The zero-order chi connectivity index (χ0) is 13.0. The number of aliphatic hydroxyl groups is 1. The largest absolute Gasteiger partial charge is 0.396 e. The first-order chi connectivity index (χ1) is 8.70. The van der Waals surface area contributed by atoms with Crippen LogP contribution in [0.25, 0.3) is 0 Å². The maximum absolute atomic E-state index is 9.36. The average molecular weight is 271 g/mol. The van der Waals surface area contributed by atoms with Crippen molar-refractivity contribution in [1.29, 1.82) is 0 Å². The van der Waals surface area contributed by atoms with Crippen LogP contribution in [0.15, 0.2) is 6.20 Å². The summed E-state index contributed by atoms with van der Waals surface area (Å²) in [7, 11) is 0. The van der Waals surface area contributed by atoms with Gasteiger partial charge >= 0.3 is 0 Å². The molecule has 5 nitrogen and oxygen atoms in total. The minimum atomic E-state index is 0.212. The van der Waals surface area contributed by atoms with E-state index in [2.05, 4.69) is 15.3 Å². The number of aromatic nitrogens is 2. The van der Waals surface area contributed by atoms with Crippen molar-refractivity contribution in [3.05, 3.63) is 11.2 Å². The van der Waals surface area contributed by atoms with Crippen molar-refractivity contribution in [3.63, 3.8) is 0 Å². The van der Waals surface area contributed by atoms with Crippen LogP contribution in [0.5, 0.6) is 0 Å². The first-order valence-electron chi connectivity index (χ1n) is 6.33. The van der Waals surface area contributed by atoms with Crippen LogP contribution in [-0.2, 0) is 0 Å². The second-order valence-electron chi connectivity index (χ2n) is 4.79. The molecule has 1 aromatic heterocycles. The number of anilines is 2. The van der Waals surface area contributed by atoms with Crippen LogP contribution < -0.4 is 11.1 Å². The van der Waals surface area contributed by atoms with E-state index in [-0.39, 0.29) is 12.6 Å². The molecule has 4 N–H and O–H groups in total. The van der Waals surface area contributed by atoms with Crippen molar-refractivity contribution in [1.82, 2.24) is 9.97 Å². The fourth-order valence-electron chi connectivity index (χ4n) is 2.53. The number of nitrogens with two attached hydrogens (primary N) is 1. The van der Waals surface area contributed by atoms with E-state index < -0.39 is 0 Å². The number of hydrogen-bond acceptors (Lipinski definition) is 5. The number of rotatable bonds is 4. The molecule has 0 radical (unpaired) electrons. The summed E-state index contributed by atoms with van der Waals surface area (Å²) in [5, 5.41) is 13.0. The summed E-state index contributed by atoms with van der Waals surface area (Å²) in [4.78, 5) is 7.89. The quantitative estimate of drug-likeness (QED) is 0.778. The molecule has 0 saturated heterocycles. The van der Waals surface area contributed by atoms with Gasteiger partial charge in [-0.05, 0) is 24.7 Å². The number of nitrogens with zero attached hydrogens (tertiary/aromatic N) is 2. The van der Waals surface area contributed by atoms with Crippen molar-refractivity contribution in [3.8, 4) is 0 Å². The second kappa shape index (κ2) is 6.20. The molecule has 0 aromatic carbocycles. The van der Waals surface area contributed by atoms with Gasteiger partial charge in [0, 0.05) is 13.2 Å². The predicted molar refractivity (Wildman–Crippen MR) is 72.5 cm³/mol. The van der Waals surface area contributed by atoms with Gasteiger partial charge in [-0.15, -0.1) is 0 Å². The fourth-order valence-corrected chi connectivity index (χ4v) is 2.68. The van der Waals surface area contributed by atoms with Crippen LogP contribution in [0, 0.1) is 11.8 Å². The van der Waals surface area contributed by atoms with Gasteiger partial charge in [-0.1, -0.05) is 24.4 Å². The molecule has 0 amide bonds. The molecule has 1 aliphatic rings. The zero-order valence-electron chi connectivity index (χ0n) is 10.3. The summed E-state index contributed by atoms with van der Waals surface area (Å²) < 4.78 is 0. The minimum absolute atomic E-state index is 0.212. The van der Waals surface area contributed by atoms with Crippen molar-refractivity contribution in [2.45, 2.75) is 25.7 Å². The van der Waals surface area contributed by atoms with E-state index in [0.29, 0.717) is 22.7 Å². The Bertz CT molecular complexity index is 402. The Balaban J connectivity index is 1.95. The molecule has 0 spiro atoms. The molecule has 1 aromatic rings. The number of hydrogen-bond donors (Lipinski definition) is 3. The molecule has 1 fully saturated rings. The molecular weight excluding hydrogens is 252 g/mol. The summed E-state index contributed by atoms with van der Waals surface area (Å²) >= 11 is 5.99. The van der Waals surface area contributed by atoms with E-state index in [1.54, 1.807) is 0 Å². The fraction of sp³-hybridized carbons (Fsp3) is 0.667. The molecule has 2 rings (SSSR count). The van der Waals surface area contributed by atoms with Gasteiger partial charge in [0.25, 0.3) is 0 Å². The Kier molecular flexibility index (Phi) is 4.60. The number of aliphatic hydroxyl groups excluding tert-OH is 1. The van der Waals surface area contributed by atoms with E-state index in [9.17, 15) is 5.11 Å². The molecule has 6 heteroatoms. The van der Waals surface area contributed by atoms with E-state index >= 15 is 0 Å². The lowest BCUT2D eigenvalue weighted by Crippen LogP contribution is -2.29. The highest BCUT2D eigenvalue weighted by atomic mass is 35.5. The summed E-state index contributed by atoms with van der Waals surface area (Å²) in [6.07, 6.45) is 6.17. The van der Waals surface area contributed by atoms with Crippen molar-refractivity contribution < 1.29 is 5.11 Å². The average Bonchev–Trinajstić information content (AvgIpc) is 2.40. The molecule has 18 heavy (non-hydrogen) atoms. The third-order valence-electron chi connectivity index (χ3n) is 3.60. The summed E-state index contributed by atoms with van der Waals surface area (Å²) in [5.74, 6) is 1.64. The first kappa shape index (κ1) is 13.4. The third kappa shape index (κ3) is 3.23. The van der Waals surface area contributed by atoms with Crippen molar-refractivity contribution in [2.24, 2.45) is 11.8 Å². The van der Waals surface area contributed by atoms with E-state index in [1.165, 1.54) is 19.0 Å². The Labute approximate surface area is 112 Å². The maximum Gasteiger partial charge on any atom is 0.222 e. The van der Waals surface area contributed by atoms with Gasteiger partial charge in [-0.2, -0.15) is 4.98 Å². The second-order valence-corrected chi connectivity index (χ2v) is 5.20. The smallest absolute Gasteiger partial charge is 0.222 e. The number of nitrogens with one attached hydrogen (secondary N) is 1. The molecule has 1 saturated carbocycles. The van der Waals surface area contributed by atoms with Crippen LogP contribution in [0.1, 0.15) is 25.7 Å². The van der Waals surface area contributed by atoms with Crippen LogP contribution >= 0.6 is 11.6 Å². The molecular formula is C12H19ClN4O. The molecule has 2 atom stereocenters. The van der Waals surface area contributed by atoms with Crippen molar-refractivity contribution >= 4 is 23.4 Å². The van der Waals surface area contributed by atoms with Crippen LogP contribution in [0.2, 0.25) is 5.02 Å². The van der Waals surface area contributed by atoms with Gasteiger partial charge in [-0.3, -0.25) is 0 Å². The minimum Gasteiger partial charge on any atom is -0.396 e. The summed E-state index contributed by atoms with van der Waals surface area (Å²) in [5.41, 5.74) is 5.53. The van der Waals surface area contributed by atoms with Gasteiger partial charge in [0.15, 0.2) is 0 Å². The predicted octanol–water partition coefficient (Wildman–Crippen LogP) is 1.92. The lowest BCUT2D eigenvalue weighted by molar-refractivity contribution is 0.141. The first-order valence-corrected chi connectivity index (χ1v) is 6.71. The van der Waals surface area contributed by atoms with Crippen molar-refractivity contribution in [2.75, 3.05) is 24.2 Å². The highest BCUT2D eigenvalue weighted by molar-refractivity contribution is 6.32. The SMILES string of the molecule is Nc1ncc(Cl)c(NCC2CCCCC2CO)n1. The van der Waals surface area contributed by atoms with E-state index in [0.717, 1.165) is 19.4 Å². The monoisotopic (exact) mass is 270 g/mol. The Morgan fingerprint density at radius 3 is 2.83 bits per heavy atom. The van der Waals surface area contributed by atoms with Crippen LogP contribution in [0.3, 0.4) is 0 Å². The molecule has 2 unspecified atom stereocenters. The Hall–Kier alpha value is -1.07.